The SMILES string of the molecule is CN(C)CCN=Cc1[c-]c(-c2ccccc2[S-])ccc1. The number of hydrogen-bond donors (Lipinski definition) is 0. The molecule has 0 radical (unpaired) electrons. The van der Waals surface area contributed by atoms with E-state index in [9.17, 15) is 0 Å². The second-order valence-electron chi connectivity index (χ2n) is 4.85. The Morgan fingerprint density at radius 3 is 2.70 bits per heavy atom. The third-order valence-electron chi connectivity index (χ3n) is 2.90. The van der Waals surface area contributed by atoms with Crippen LogP contribution in [0.3, 0.4) is 0 Å². The summed E-state index contributed by atoms with van der Waals surface area (Å²) < 4.78 is 0. The van der Waals surface area contributed by atoms with Crippen LogP contribution < -0.4 is 0 Å². The van der Waals surface area contributed by atoms with Crippen LogP contribution in [0.1, 0.15) is 5.56 Å². The largest absolute Gasteiger partial charge is 0.787 e. The minimum Gasteiger partial charge on any atom is -0.787 e. The van der Waals surface area contributed by atoms with E-state index < -0.39 is 0 Å². The molecule has 2 aromatic carbocycles. The fourth-order valence-corrected chi connectivity index (χ4v) is 2.09. The van der Waals surface area contributed by atoms with E-state index in [1.807, 2.05) is 62.8 Å². The first-order valence-corrected chi connectivity index (χ1v) is 7.01. The van der Waals surface area contributed by atoms with Crippen LogP contribution in [0, 0.1) is 6.07 Å². The minimum absolute atomic E-state index is 0.794. The van der Waals surface area contributed by atoms with Crippen molar-refractivity contribution >= 4 is 18.8 Å². The monoisotopic (exact) mass is 282 g/mol. The second-order valence-corrected chi connectivity index (χ2v) is 5.29. The number of hydrogen-bond acceptors (Lipinski definition) is 3. The molecule has 0 bridgehead atoms. The Morgan fingerprint density at radius 1 is 1.15 bits per heavy atom. The third kappa shape index (κ3) is 4.15. The molecule has 2 nitrogen and oxygen atoms in total. The van der Waals surface area contributed by atoms with Gasteiger partial charge in [-0.3, -0.25) is 0 Å². The van der Waals surface area contributed by atoms with Gasteiger partial charge in [0, 0.05) is 13.1 Å². The van der Waals surface area contributed by atoms with E-state index in [0.717, 1.165) is 34.7 Å². The Bertz CT molecular complexity index is 591. The van der Waals surface area contributed by atoms with Crippen LogP contribution in [0.25, 0.3) is 11.1 Å². The van der Waals surface area contributed by atoms with Crippen molar-refractivity contribution in [2.75, 3.05) is 27.2 Å². The first kappa shape index (κ1) is 14.7. The lowest BCUT2D eigenvalue weighted by Crippen LogP contribution is -2.15. The van der Waals surface area contributed by atoms with E-state index in [1.54, 1.807) is 0 Å². The number of benzene rings is 2. The zero-order chi connectivity index (χ0) is 14.4. The molecule has 0 heterocycles. The van der Waals surface area contributed by atoms with Crippen molar-refractivity contribution in [3.63, 3.8) is 0 Å². The molecule has 0 spiro atoms. The summed E-state index contributed by atoms with van der Waals surface area (Å²) in [6.07, 6.45) is 1.87. The summed E-state index contributed by atoms with van der Waals surface area (Å²) in [6, 6.07) is 17.3. The Hall–Kier alpha value is -1.71. The highest BCUT2D eigenvalue weighted by Crippen LogP contribution is 2.23. The van der Waals surface area contributed by atoms with Gasteiger partial charge in [-0.15, -0.1) is 41.0 Å². The van der Waals surface area contributed by atoms with Crippen molar-refractivity contribution in [3.8, 4) is 11.1 Å². The van der Waals surface area contributed by atoms with Crippen molar-refractivity contribution in [2.24, 2.45) is 4.99 Å². The van der Waals surface area contributed by atoms with Gasteiger partial charge in [-0.05, 0) is 20.3 Å². The summed E-state index contributed by atoms with van der Waals surface area (Å²) >= 11 is 5.35. The van der Waals surface area contributed by atoms with Crippen molar-refractivity contribution in [1.29, 1.82) is 0 Å². The van der Waals surface area contributed by atoms with Gasteiger partial charge < -0.3 is 22.5 Å². The predicted molar refractivity (Wildman–Crippen MR) is 87.4 cm³/mol. The maximum Gasteiger partial charge on any atom is 0.0430 e. The normalized spacial score (nSPS) is 11.3. The maximum atomic E-state index is 5.35. The van der Waals surface area contributed by atoms with E-state index >= 15 is 0 Å². The van der Waals surface area contributed by atoms with E-state index in [1.165, 1.54) is 0 Å². The molecule has 0 aliphatic rings. The highest BCUT2D eigenvalue weighted by molar-refractivity contribution is 7.59. The lowest BCUT2D eigenvalue weighted by molar-refractivity contribution is 0.421. The van der Waals surface area contributed by atoms with Crippen LogP contribution in [0.4, 0.5) is 0 Å². The van der Waals surface area contributed by atoms with Gasteiger partial charge in [0.15, 0.2) is 0 Å². The van der Waals surface area contributed by atoms with Crippen molar-refractivity contribution in [3.05, 3.63) is 54.1 Å². The van der Waals surface area contributed by atoms with Crippen LogP contribution in [0.15, 0.2) is 52.4 Å². The van der Waals surface area contributed by atoms with Crippen LogP contribution >= 0.6 is 0 Å². The predicted octanol–water partition coefficient (Wildman–Crippen LogP) is 3.04. The molecule has 0 aliphatic heterocycles. The van der Waals surface area contributed by atoms with Gasteiger partial charge in [0.25, 0.3) is 0 Å². The molecular weight excluding hydrogens is 264 g/mol. The van der Waals surface area contributed by atoms with Gasteiger partial charge in [0.05, 0.1) is 0 Å². The standard InChI is InChI=1S/C17H19N2S/c1-19(2)11-10-18-13-14-6-5-7-15(12-14)16-8-3-4-9-17(16)20/h3-9,13,20H,10-11H2,1-2H3/q-1/p-1. The zero-order valence-corrected chi connectivity index (χ0v) is 12.7. The fourth-order valence-electron chi connectivity index (χ4n) is 1.83. The van der Waals surface area contributed by atoms with Gasteiger partial charge in [-0.2, -0.15) is 0 Å². The van der Waals surface area contributed by atoms with Crippen molar-refractivity contribution in [1.82, 2.24) is 4.90 Å². The lowest BCUT2D eigenvalue weighted by atomic mass is 10.0. The molecule has 0 unspecified atom stereocenters. The van der Waals surface area contributed by atoms with Crippen LogP contribution in [-0.4, -0.2) is 38.3 Å². The minimum atomic E-state index is 0.794. The van der Waals surface area contributed by atoms with Crippen LogP contribution in [0.5, 0.6) is 0 Å². The van der Waals surface area contributed by atoms with Gasteiger partial charge >= 0.3 is 0 Å². The average Bonchev–Trinajstić information content (AvgIpc) is 2.44. The Kier molecular flexibility index (Phi) is 5.27. The smallest absolute Gasteiger partial charge is 0.0430 e. The highest BCUT2D eigenvalue weighted by atomic mass is 32.1. The third-order valence-corrected chi connectivity index (χ3v) is 3.26. The fraction of sp³-hybridized carbons (Fsp3) is 0.235. The van der Waals surface area contributed by atoms with Gasteiger partial charge in [-0.25, -0.2) is 4.90 Å². The zero-order valence-electron chi connectivity index (χ0n) is 11.8. The van der Waals surface area contributed by atoms with E-state index in [0.29, 0.717) is 0 Å². The van der Waals surface area contributed by atoms with Crippen LogP contribution in [0.2, 0.25) is 0 Å². The maximum absolute atomic E-state index is 5.35. The molecule has 0 fully saturated rings. The molecular formula is C17H18N2S-2. The summed E-state index contributed by atoms with van der Waals surface area (Å²) in [5.74, 6) is 0. The van der Waals surface area contributed by atoms with Crippen LogP contribution in [-0.2, 0) is 12.6 Å². The summed E-state index contributed by atoms with van der Waals surface area (Å²) in [5.41, 5.74) is 3.05. The molecule has 0 amide bonds. The molecule has 0 aromatic heterocycles. The van der Waals surface area contributed by atoms with Crippen molar-refractivity contribution in [2.45, 2.75) is 4.90 Å². The average molecular weight is 282 g/mol. The number of likely N-dealkylation sites (N-methyl/N-ethyl adjacent to an activating group) is 1. The molecule has 104 valence electrons. The molecule has 0 atom stereocenters. The van der Waals surface area contributed by atoms with Gasteiger partial charge in [-0.1, -0.05) is 24.3 Å². The Balaban J connectivity index is 2.14. The molecule has 2 rings (SSSR count). The topological polar surface area (TPSA) is 15.6 Å². The summed E-state index contributed by atoms with van der Waals surface area (Å²) in [7, 11) is 4.09. The van der Waals surface area contributed by atoms with Crippen molar-refractivity contribution < 1.29 is 0 Å². The Morgan fingerprint density at radius 2 is 1.95 bits per heavy atom. The molecule has 0 aliphatic carbocycles. The summed E-state index contributed by atoms with van der Waals surface area (Å²) in [6.45, 7) is 1.74. The molecule has 2 aromatic rings. The molecule has 0 saturated heterocycles. The molecule has 0 saturated carbocycles. The lowest BCUT2D eigenvalue weighted by Gasteiger charge is -2.18. The van der Waals surface area contributed by atoms with Gasteiger partial charge in [0.1, 0.15) is 0 Å². The van der Waals surface area contributed by atoms with E-state index in [4.69, 9.17) is 12.6 Å². The van der Waals surface area contributed by atoms with Gasteiger partial charge in [0.2, 0.25) is 0 Å². The summed E-state index contributed by atoms with van der Waals surface area (Å²) in [5, 5.41) is 0. The number of nitrogens with zero attached hydrogens (tertiary/aromatic N) is 2. The van der Waals surface area contributed by atoms with E-state index in [-0.39, 0.29) is 0 Å². The quantitative estimate of drug-likeness (QED) is 0.476. The van der Waals surface area contributed by atoms with E-state index in [2.05, 4.69) is 16.0 Å². The highest BCUT2D eigenvalue weighted by Gasteiger charge is 1.91. The molecule has 3 heteroatoms. The Labute approximate surface area is 126 Å². The summed E-state index contributed by atoms with van der Waals surface area (Å²) in [4.78, 5) is 7.38. The molecule has 0 N–H and O–H groups in total. The first-order valence-electron chi connectivity index (χ1n) is 6.60. The molecule has 20 heavy (non-hydrogen) atoms. The number of aliphatic imine (C=N–C) groups is 1. The number of rotatable bonds is 5. The second kappa shape index (κ2) is 7.17. The first-order chi connectivity index (χ1) is 9.66.